The molecule has 0 aliphatic carbocycles. The van der Waals surface area contributed by atoms with Crippen LogP contribution in [0.15, 0.2) is 82.0 Å². The van der Waals surface area contributed by atoms with Gasteiger partial charge in [-0.25, -0.2) is 0 Å². The number of methoxy groups -OCH3 is 3. The normalized spacial score (nSPS) is 12.0. The third-order valence-electron chi connectivity index (χ3n) is 6.32. The highest BCUT2D eigenvalue weighted by atomic mass is 16.5. The second kappa shape index (κ2) is 9.19. The van der Waals surface area contributed by atoms with Gasteiger partial charge in [-0.05, 0) is 23.8 Å². The first-order chi connectivity index (χ1) is 17.5. The summed E-state index contributed by atoms with van der Waals surface area (Å²) in [6, 6.07) is 20.9. The molecule has 0 radical (unpaired) electrons. The Kier molecular flexibility index (Phi) is 5.90. The molecule has 5 aromatic rings. The summed E-state index contributed by atoms with van der Waals surface area (Å²) >= 11 is 0. The molecule has 5 rings (SSSR count). The highest BCUT2D eigenvalue weighted by Crippen LogP contribution is 2.48. The van der Waals surface area contributed by atoms with Gasteiger partial charge in [0.2, 0.25) is 5.43 Å². The van der Waals surface area contributed by atoms with Gasteiger partial charge in [0.15, 0.2) is 11.5 Å². The quantitative estimate of drug-likeness (QED) is 0.240. The van der Waals surface area contributed by atoms with Gasteiger partial charge in [0.1, 0.15) is 33.8 Å². The SMILES string of the molecule is COc1cc(OC)c(C(c2ccccc2)c2c(O)cc(O)c3c(=O)c4ccccc4oc23)cc1OC. The number of aromatic hydroxyl groups is 2. The number of para-hydroxylation sites is 1. The number of ether oxygens (including phenoxy) is 3. The number of benzene rings is 4. The van der Waals surface area contributed by atoms with Crippen LogP contribution in [0.1, 0.15) is 22.6 Å². The molecule has 182 valence electrons. The van der Waals surface area contributed by atoms with Crippen LogP contribution in [0.2, 0.25) is 0 Å². The van der Waals surface area contributed by atoms with Crippen LogP contribution in [0.25, 0.3) is 21.9 Å². The van der Waals surface area contributed by atoms with E-state index in [0.29, 0.717) is 39.3 Å². The van der Waals surface area contributed by atoms with Gasteiger partial charge in [-0.15, -0.1) is 0 Å². The number of phenols is 2. The third kappa shape index (κ3) is 3.65. The van der Waals surface area contributed by atoms with Crippen LogP contribution < -0.4 is 19.6 Å². The summed E-state index contributed by atoms with van der Waals surface area (Å²) in [4.78, 5) is 13.4. The molecule has 0 aliphatic heterocycles. The number of hydrogen-bond donors (Lipinski definition) is 2. The van der Waals surface area contributed by atoms with Crippen molar-refractivity contribution < 1.29 is 28.8 Å². The average molecular weight is 485 g/mol. The minimum Gasteiger partial charge on any atom is -0.507 e. The van der Waals surface area contributed by atoms with Crippen molar-refractivity contribution in [2.75, 3.05) is 21.3 Å². The Hall–Kier alpha value is -4.65. The zero-order valence-electron chi connectivity index (χ0n) is 19.9. The van der Waals surface area contributed by atoms with E-state index in [9.17, 15) is 15.0 Å². The molecule has 36 heavy (non-hydrogen) atoms. The molecule has 7 nitrogen and oxygen atoms in total. The zero-order chi connectivity index (χ0) is 25.4. The largest absolute Gasteiger partial charge is 0.507 e. The third-order valence-corrected chi connectivity index (χ3v) is 6.32. The monoisotopic (exact) mass is 484 g/mol. The topological polar surface area (TPSA) is 98.4 Å². The van der Waals surface area contributed by atoms with Gasteiger partial charge in [0.05, 0.1) is 26.7 Å². The number of phenolic OH excluding ortho intramolecular Hbond substituents is 2. The second-order valence-electron chi connectivity index (χ2n) is 8.25. The molecule has 0 bridgehead atoms. The first-order valence-electron chi connectivity index (χ1n) is 11.2. The number of hydrogen-bond acceptors (Lipinski definition) is 7. The molecule has 0 saturated carbocycles. The predicted octanol–water partition coefficient (Wildman–Crippen LogP) is 5.56. The van der Waals surface area contributed by atoms with Gasteiger partial charge in [-0.1, -0.05) is 42.5 Å². The molecule has 0 fully saturated rings. The predicted molar refractivity (Wildman–Crippen MR) is 137 cm³/mol. The van der Waals surface area contributed by atoms with Crippen LogP contribution >= 0.6 is 0 Å². The van der Waals surface area contributed by atoms with Crippen molar-refractivity contribution in [2.45, 2.75) is 5.92 Å². The fraction of sp³-hybridized carbons (Fsp3) is 0.138. The lowest BCUT2D eigenvalue weighted by Gasteiger charge is -2.24. The van der Waals surface area contributed by atoms with Crippen molar-refractivity contribution in [3.63, 3.8) is 0 Å². The summed E-state index contributed by atoms with van der Waals surface area (Å²) in [6.45, 7) is 0. The Labute approximate surface area is 206 Å². The molecule has 1 heterocycles. The van der Waals surface area contributed by atoms with E-state index >= 15 is 0 Å². The van der Waals surface area contributed by atoms with Crippen LogP contribution in [0.3, 0.4) is 0 Å². The second-order valence-corrected chi connectivity index (χ2v) is 8.25. The Bertz CT molecular complexity index is 1640. The molecule has 1 atom stereocenters. The summed E-state index contributed by atoms with van der Waals surface area (Å²) in [7, 11) is 4.60. The Morgan fingerprint density at radius 3 is 2.08 bits per heavy atom. The van der Waals surface area contributed by atoms with Gasteiger partial charge < -0.3 is 28.8 Å². The minimum absolute atomic E-state index is 0.0122. The average Bonchev–Trinajstić information content (AvgIpc) is 2.90. The van der Waals surface area contributed by atoms with E-state index in [2.05, 4.69) is 0 Å². The lowest BCUT2D eigenvalue weighted by molar-refractivity contribution is 0.347. The van der Waals surface area contributed by atoms with Crippen molar-refractivity contribution >= 4 is 21.9 Å². The Morgan fingerprint density at radius 2 is 1.39 bits per heavy atom. The van der Waals surface area contributed by atoms with E-state index in [0.717, 1.165) is 5.56 Å². The van der Waals surface area contributed by atoms with Crippen LogP contribution in [-0.4, -0.2) is 31.5 Å². The minimum atomic E-state index is -0.659. The van der Waals surface area contributed by atoms with E-state index in [4.69, 9.17) is 18.6 Å². The van der Waals surface area contributed by atoms with Crippen molar-refractivity contribution in [3.8, 4) is 28.7 Å². The van der Waals surface area contributed by atoms with E-state index in [1.54, 1.807) is 36.4 Å². The molecular weight excluding hydrogens is 460 g/mol. The molecule has 1 unspecified atom stereocenters. The molecule has 0 spiro atoms. The fourth-order valence-corrected chi connectivity index (χ4v) is 4.66. The summed E-state index contributed by atoms with van der Waals surface area (Å²) < 4.78 is 22.9. The molecule has 1 aromatic heterocycles. The van der Waals surface area contributed by atoms with Crippen molar-refractivity contribution in [1.82, 2.24) is 0 Å². The molecule has 0 aliphatic rings. The van der Waals surface area contributed by atoms with Gasteiger partial charge in [-0.3, -0.25) is 4.79 Å². The summed E-state index contributed by atoms with van der Waals surface area (Å²) in [6.07, 6.45) is 0. The lowest BCUT2D eigenvalue weighted by atomic mass is 9.82. The van der Waals surface area contributed by atoms with Gasteiger partial charge in [-0.2, -0.15) is 0 Å². The maximum atomic E-state index is 13.4. The van der Waals surface area contributed by atoms with Gasteiger partial charge >= 0.3 is 0 Å². The maximum absolute atomic E-state index is 13.4. The fourth-order valence-electron chi connectivity index (χ4n) is 4.66. The zero-order valence-corrected chi connectivity index (χ0v) is 19.9. The molecule has 7 heteroatoms. The highest BCUT2D eigenvalue weighted by Gasteiger charge is 2.30. The molecule has 2 N–H and O–H groups in total. The van der Waals surface area contributed by atoms with Crippen molar-refractivity contribution in [1.29, 1.82) is 0 Å². The highest BCUT2D eigenvalue weighted by molar-refractivity contribution is 5.96. The molecule has 0 amide bonds. The molecule has 0 saturated heterocycles. The maximum Gasteiger partial charge on any atom is 0.204 e. The van der Waals surface area contributed by atoms with E-state index < -0.39 is 11.3 Å². The van der Waals surface area contributed by atoms with Crippen LogP contribution in [0, 0.1) is 0 Å². The van der Waals surface area contributed by atoms with E-state index in [1.165, 1.54) is 27.4 Å². The number of rotatable bonds is 6. The summed E-state index contributed by atoms with van der Waals surface area (Å²) in [5.74, 6) is 0.158. The Balaban J connectivity index is 1.94. The van der Waals surface area contributed by atoms with Crippen LogP contribution in [-0.2, 0) is 0 Å². The van der Waals surface area contributed by atoms with Crippen LogP contribution in [0.4, 0.5) is 0 Å². The van der Waals surface area contributed by atoms with Crippen LogP contribution in [0.5, 0.6) is 28.7 Å². The standard InChI is InChI=1S/C29H24O7/c1-33-22-15-24(35-3)23(34-2)13-18(22)25(16-9-5-4-6-10-16)26-19(30)14-20(31)27-28(32)17-11-7-8-12-21(17)36-29(26)27/h4-15,25,30-31H,1-3H3. The summed E-state index contributed by atoms with van der Waals surface area (Å²) in [5.41, 5.74) is 1.77. The van der Waals surface area contributed by atoms with E-state index in [-0.39, 0.29) is 22.5 Å². The first kappa shape index (κ1) is 23.1. The smallest absolute Gasteiger partial charge is 0.204 e. The Morgan fingerprint density at radius 1 is 0.750 bits per heavy atom. The lowest BCUT2D eigenvalue weighted by Crippen LogP contribution is -2.10. The van der Waals surface area contributed by atoms with Crippen molar-refractivity contribution in [2.24, 2.45) is 0 Å². The molecular formula is C29H24O7. The number of fused-ring (bicyclic) bond motifs is 2. The first-order valence-corrected chi connectivity index (χ1v) is 11.2. The van der Waals surface area contributed by atoms with Crippen molar-refractivity contribution in [3.05, 3.63) is 99.7 Å². The summed E-state index contributed by atoms with van der Waals surface area (Å²) in [5, 5.41) is 22.2. The van der Waals surface area contributed by atoms with Gasteiger partial charge in [0.25, 0.3) is 0 Å². The molecule has 4 aromatic carbocycles. The van der Waals surface area contributed by atoms with Gasteiger partial charge in [0, 0.05) is 29.2 Å². The van der Waals surface area contributed by atoms with E-state index in [1.807, 2.05) is 30.3 Å².